The summed E-state index contributed by atoms with van der Waals surface area (Å²) in [6.45, 7) is 6.38. The molecule has 4 rings (SSSR count). The first-order valence-electron chi connectivity index (χ1n) is 9.38. The molecule has 0 spiro atoms. The van der Waals surface area contributed by atoms with Gasteiger partial charge in [0.1, 0.15) is 17.6 Å². The standard InChI is InChI=1S/C21H24N4O/c1-3-15-8-7-9-16(4-2)20(15)23-19(26)14-25-18-11-6-5-10-17(18)24-13-12-22-21(24)25/h5-11H,3-4,12-14H2,1-2H3,(H,23,26)/p+1. The van der Waals surface area contributed by atoms with E-state index in [2.05, 4.69) is 63.9 Å². The number of imidazole rings is 1. The Bertz CT molecular complexity index is 951. The molecule has 134 valence electrons. The summed E-state index contributed by atoms with van der Waals surface area (Å²) >= 11 is 0. The monoisotopic (exact) mass is 349 g/mol. The van der Waals surface area contributed by atoms with Crippen molar-refractivity contribution in [1.29, 1.82) is 0 Å². The molecule has 1 aromatic heterocycles. The quantitative estimate of drug-likeness (QED) is 0.696. The molecule has 1 amide bonds. The number of amides is 1. The van der Waals surface area contributed by atoms with Gasteiger partial charge in [-0.1, -0.05) is 44.2 Å². The van der Waals surface area contributed by atoms with Gasteiger partial charge in [0.25, 0.3) is 5.91 Å². The number of nitrogens with one attached hydrogen (secondary N) is 2. The van der Waals surface area contributed by atoms with Crippen LogP contribution < -0.4 is 15.2 Å². The van der Waals surface area contributed by atoms with Gasteiger partial charge in [0.05, 0.1) is 6.54 Å². The summed E-state index contributed by atoms with van der Waals surface area (Å²) in [5, 5.41) is 6.60. The summed E-state index contributed by atoms with van der Waals surface area (Å²) in [7, 11) is 0. The molecule has 0 saturated heterocycles. The van der Waals surface area contributed by atoms with Gasteiger partial charge in [-0.25, -0.2) is 9.13 Å². The number of fused-ring (bicyclic) bond motifs is 3. The highest BCUT2D eigenvalue weighted by atomic mass is 16.2. The fraction of sp³-hybridized carbons (Fsp3) is 0.333. The lowest BCUT2D eigenvalue weighted by atomic mass is 10.0. The molecule has 2 N–H and O–H groups in total. The number of hydrogen-bond donors (Lipinski definition) is 2. The minimum absolute atomic E-state index is 0.0125. The Morgan fingerprint density at radius 3 is 2.58 bits per heavy atom. The van der Waals surface area contributed by atoms with Crippen LogP contribution in [0.25, 0.3) is 11.0 Å². The van der Waals surface area contributed by atoms with Gasteiger partial charge in [0.2, 0.25) is 0 Å². The zero-order chi connectivity index (χ0) is 18.1. The Labute approximate surface area is 153 Å². The summed E-state index contributed by atoms with van der Waals surface area (Å²) < 4.78 is 4.33. The van der Waals surface area contributed by atoms with E-state index in [0.717, 1.165) is 43.1 Å². The van der Waals surface area contributed by atoms with E-state index in [0.29, 0.717) is 6.54 Å². The van der Waals surface area contributed by atoms with Crippen molar-refractivity contribution in [2.75, 3.05) is 17.2 Å². The van der Waals surface area contributed by atoms with Gasteiger partial charge in [0.15, 0.2) is 6.54 Å². The van der Waals surface area contributed by atoms with Crippen molar-refractivity contribution in [3.8, 4) is 0 Å². The zero-order valence-corrected chi connectivity index (χ0v) is 15.4. The number of hydrogen-bond acceptors (Lipinski definition) is 2. The van der Waals surface area contributed by atoms with Gasteiger partial charge >= 0.3 is 5.95 Å². The maximum Gasteiger partial charge on any atom is 0.359 e. The van der Waals surface area contributed by atoms with E-state index >= 15 is 0 Å². The molecule has 3 aromatic rings. The minimum atomic E-state index is 0.0125. The third kappa shape index (κ3) is 2.73. The van der Waals surface area contributed by atoms with Gasteiger partial charge in [-0.15, -0.1) is 0 Å². The van der Waals surface area contributed by atoms with Crippen LogP contribution in [0.4, 0.5) is 11.6 Å². The minimum Gasteiger partial charge on any atom is -0.323 e. The zero-order valence-electron chi connectivity index (χ0n) is 15.4. The lowest BCUT2D eigenvalue weighted by molar-refractivity contribution is -0.644. The first-order valence-corrected chi connectivity index (χ1v) is 9.38. The van der Waals surface area contributed by atoms with Crippen molar-refractivity contribution in [2.24, 2.45) is 0 Å². The van der Waals surface area contributed by atoms with Crippen molar-refractivity contribution in [1.82, 2.24) is 4.57 Å². The predicted molar refractivity (Wildman–Crippen MR) is 104 cm³/mol. The second-order valence-electron chi connectivity index (χ2n) is 6.68. The maximum absolute atomic E-state index is 12.9. The van der Waals surface area contributed by atoms with Crippen LogP contribution in [0.15, 0.2) is 42.5 Å². The molecule has 0 saturated carbocycles. The molecule has 0 aliphatic carbocycles. The van der Waals surface area contributed by atoms with Crippen LogP contribution in [-0.2, 0) is 30.7 Å². The number of carbonyl (C=O) groups excluding carboxylic acids is 1. The summed E-state index contributed by atoms with van der Waals surface area (Å²) in [6, 6.07) is 14.5. The highest BCUT2D eigenvalue weighted by molar-refractivity contribution is 5.93. The van der Waals surface area contributed by atoms with E-state index in [-0.39, 0.29) is 5.91 Å². The first kappa shape index (κ1) is 16.6. The lowest BCUT2D eigenvalue weighted by Gasteiger charge is -2.14. The summed E-state index contributed by atoms with van der Waals surface area (Å²) in [5.41, 5.74) is 5.62. The lowest BCUT2D eigenvalue weighted by Crippen LogP contribution is -2.30. The molecule has 0 bridgehead atoms. The highest BCUT2D eigenvalue weighted by Crippen LogP contribution is 2.24. The van der Waals surface area contributed by atoms with Gasteiger partial charge in [0, 0.05) is 5.69 Å². The number of aryl methyl sites for hydroxylation is 2. The van der Waals surface area contributed by atoms with Gasteiger partial charge < -0.3 is 5.32 Å². The van der Waals surface area contributed by atoms with Crippen molar-refractivity contribution < 1.29 is 9.36 Å². The molecule has 2 aromatic carbocycles. The Balaban J connectivity index is 1.66. The van der Waals surface area contributed by atoms with E-state index in [1.54, 1.807) is 0 Å². The van der Waals surface area contributed by atoms with Crippen LogP contribution in [0.1, 0.15) is 25.0 Å². The maximum atomic E-state index is 12.9. The molecule has 1 aliphatic heterocycles. The molecule has 0 radical (unpaired) electrons. The molecule has 0 fully saturated rings. The number of rotatable bonds is 5. The third-order valence-corrected chi connectivity index (χ3v) is 5.16. The Hall–Kier alpha value is -2.82. The molecule has 26 heavy (non-hydrogen) atoms. The number of aromatic nitrogens is 2. The van der Waals surface area contributed by atoms with E-state index in [9.17, 15) is 4.79 Å². The van der Waals surface area contributed by atoms with Crippen LogP contribution in [0.5, 0.6) is 0 Å². The summed E-state index contributed by atoms with van der Waals surface area (Å²) in [5.74, 6) is 1.03. The van der Waals surface area contributed by atoms with Crippen molar-refractivity contribution in [3.05, 3.63) is 53.6 Å². The number of para-hydroxylation sites is 3. The molecule has 0 unspecified atom stereocenters. The predicted octanol–water partition coefficient (Wildman–Crippen LogP) is 3.12. The highest BCUT2D eigenvalue weighted by Gasteiger charge is 2.29. The molecular weight excluding hydrogens is 324 g/mol. The number of nitrogens with zero attached hydrogens (tertiary/aromatic N) is 2. The summed E-state index contributed by atoms with van der Waals surface area (Å²) in [4.78, 5) is 12.9. The normalized spacial score (nSPS) is 12.8. The van der Waals surface area contributed by atoms with Gasteiger partial charge in [-0.05, 0) is 36.1 Å². The smallest absolute Gasteiger partial charge is 0.323 e. The second kappa shape index (κ2) is 6.83. The number of anilines is 2. The van der Waals surface area contributed by atoms with Crippen molar-refractivity contribution in [2.45, 2.75) is 39.8 Å². The molecule has 2 heterocycles. The van der Waals surface area contributed by atoms with E-state index in [1.165, 1.54) is 16.6 Å². The van der Waals surface area contributed by atoms with E-state index in [4.69, 9.17) is 0 Å². The Morgan fingerprint density at radius 2 is 1.85 bits per heavy atom. The topological polar surface area (TPSA) is 49.9 Å². The van der Waals surface area contributed by atoms with Crippen LogP contribution >= 0.6 is 0 Å². The fourth-order valence-corrected chi connectivity index (χ4v) is 3.88. The van der Waals surface area contributed by atoms with Gasteiger partial charge in [-0.2, -0.15) is 0 Å². The first-order chi connectivity index (χ1) is 12.7. The molecular formula is C21H25N4O+. The van der Waals surface area contributed by atoms with Crippen LogP contribution in [0, 0.1) is 0 Å². The number of benzene rings is 2. The van der Waals surface area contributed by atoms with E-state index in [1.807, 2.05) is 12.1 Å². The Morgan fingerprint density at radius 1 is 1.12 bits per heavy atom. The molecule has 5 nitrogen and oxygen atoms in total. The molecule has 5 heteroatoms. The van der Waals surface area contributed by atoms with E-state index < -0.39 is 0 Å². The van der Waals surface area contributed by atoms with Crippen LogP contribution in [0.3, 0.4) is 0 Å². The average molecular weight is 349 g/mol. The third-order valence-electron chi connectivity index (χ3n) is 5.16. The van der Waals surface area contributed by atoms with Crippen molar-refractivity contribution >= 4 is 28.6 Å². The second-order valence-corrected chi connectivity index (χ2v) is 6.68. The van der Waals surface area contributed by atoms with Crippen molar-refractivity contribution in [3.63, 3.8) is 0 Å². The fourth-order valence-electron chi connectivity index (χ4n) is 3.88. The van der Waals surface area contributed by atoms with Gasteiger partial charge in [-0.3, -0.25) is 10.1 Å². The van der Waals surface area contributed by atoms with Crippen LogP contribution in [-0.4, -0.2) is 17.0 Å². The average Bonchev–Trinajstić information content (AvgIpc) is 3.25. The molecule has 1 aliphatic rings. The number of carbonyl (C=O) groups is 1. The molecule has 0 atom stereocenters. The SMILES string of the molecule is CCc1cccc(CC)c1NC(=O)Cn1c2[n+](c3ccccc31)CCN2. The van der Waals surface area contributed by atoms with Crippen LogP contribution in [0.2, 0.25) is 0 Å². The largest absolute Gasteiger partial charge is 0.359 e. The summed E-state index contributed by atoms with van der Waals surface area (Å²) in [6.07, 6.45) is 1.81. The Kier molecular flexibility index (Phi) is 4.37.